The van der Waals surface area contributed by atoms with Gasteiger partial charge in [-0.1, -0.05) is 66.7 Å². The molecule has 3 aliphatic rings. The largest absolute Gasteiger partial charge is 0.492 e. The van der Waals surface area contributed by atoms with E-state index < -0.39 is 11.0 Å². The molecule has 0 N–H and O–H groups in total. The monoisotopic (exact) mass is 423 g/mol. The van der Waals surface area contributed by atoms with Crippen molar-refractivity contribution in [2.24, 2.45) is 5.41 Å². The molecule has 0 aromatic heterocycles. The molecule has 5 heteroatoms. The molecule has 3 aromatic carbocycles. The van der Waals surface area contributed by atoms with Gasteiger partial charge >= 0.3 is 0 Å². The van der Waals surface area contributed by atoms with Crippen LogP contribution in [0.15, 0.2) is 78.9 Å². The molecule has 3 aromatic rings. The van der Waals surface area contributed by atoms with Gasteiger partial charge in [0.15, 0.2) is 22.9 Å². The van der Waals surface area contributed by atoms with Crippen molar-refractivity contribution >= 4 is 17.3 Å². The lowest BCUT2D eigenvalue weighted by Crippen LogP contribution is -2.67. The summed E-state index contributed by atoms with van der Waals surface area (Å²) >= 11 is 0. The van der Waals surface area contributed by atoms with Gasteiger partial charge in [-0.15, -0.1) is 0 Å². The molecule has 2 aliphatic heterocycles. The molecule has 6 rings (SSSR count). The van der Waals surface area contributed by atoms with Crippen LogP contribution in [0.4, 0.5) is 0 Å². The smallest absolute Gasteiger partial charge is 0.193 e. The van der Waals surface area contributed by atoms with Gasteiger partial charge in [-0.05, 0) is 24.7 Å². The summed E-state index contributed by atoms with van der Waals surface area (Å²) in [6.07, 6.45) is 0. The van der Waals surface area contributed by atoms with Gasteiger partial charge in [0.25, 0.3) is 0 Å². The van der Waals surface area contributed by atoms with E-state index in [0.717, 1.165) is 5.56 Å². The Morgan fingerprint density at radius 2 is 1.31 bits per heavy atom. The van der Waals surface area contributed by atoms with E-state index in [9.17, 15) is 14.4 Å². The number of para-hydroxylation sites is 1. The topological polar surface area (TPSA) is 63.7 Å². The van der Waals surface area contributed by atoms with Crippen molar-refractivity contribution in [1.82, 2.24) is 4.90 Å². The number of nitrogens with zero attached hydrogens (tertiary/aromatic N) is 1. The Balaban J connectivity index is 1.67. The minimum absolute atomic E-state index is 0.0295. The number of likely N-dealkylation sites (tertiary alicyclic amines) is 1. The number of fused-ring (bicyclic) bond motifs is 3. The molecule has 2 atom stereocenters. The van der Waals surface area contributed by atoms with Crippen LogP contribution >= 0.6 is 0 Å². The van der Waals surface area contributed by atoms with Crippen molar-refractivity contribution in [3.8, 4) is 5.75 Å². The third-order valence-electron chi connectivity index (χ3n) is 7.54. The van der Waals surface area contributed by atoms with Gasteiger partial charge in [0.05, 0.1) is 5.56 Å². The summed E-state index contributed by atoms with van der Waals surface area (Å²) in [4.78, 5) is 44.3. The first kappa shape index (κ1) is 19.1. The lowest BCUT2D eigenvalue weighted by Gasteiger charge is -2.46. The highest BCUT2D eigenvalue weighted by Crippen LogP contribution is 2.61. The van der Waals surface area contributed by atoms with E-state index in [4.69, 9.17) is 4.74 Å². The Morgan fingerprint density at radius 3 is 1.97 bits per heavy atom. The molecule has 0 radical (unpaired) electrons. The fourth-order valence-electron chi connectivity index (χ4n) is 6.16. The maximum atomic E-state index is 14.4. The number of hydrogen-bond donors (Lipinski definition) is 0. The molecule has 1 aliphatic carbocycles. The normalized spacial score (nSPS) is 25.8. The van der Waals surface area contributed by atoms with Crippen molar-refractivity contribution in [2.75, 3.05) is 20.2 Å². The molecule has 158 valence electrons. The Bertz CT molecular complexity index is 1260. The van der Waals surface area contributed by atoms with Crippen LogP contribution in [0, 0.1) is 5.41 Å². The molecule has 0 saturated carbocycles. The SMILES string of the molecule is CN1C[C@@H](c2ccccc2)[C@@]2(COc3ccccc3C2=O)C12C(=O)c1ccccc1C2=O. The molecule has 5 nitrogen and oxygen atoms in total. The summed E-state index contributed by atoms with van der Waals surface area (Å²) in [5.74, 6) is -0.704. The maximum Gasteiger partial charge on any atom is 0.193 e. The second-order valence-electron chi connectivity index (χ2n) is 8.84. The molecular weight excluding hydrogens is 402 g/mol. The quantitative estimate of drug-likeness (QED) is 0.557. The number of carbonyl (C=O) groups excluding carboxylic acids is 3. The first-order valence-corrected chi connectivity index (χ1v) is 10.7. The average Bonchev–Trinajstić information content (AvgIpc) is 3.23. The van der Waals surface area contributed by atoms with E-state index in [-0.39, 0.29) is 29.9 Å². The second kappa shape index (κ2) is 6.47. The minimum atomic E-state index is -1.64. The number of carbonyl (C=O) groups is 3. The van der Waals surface area contributed by atoms with Crippen LogP contribution in [-0.2, 0) is 0 Å². The fraction of sp³-hybridized carbons (Fsp3) is 0.222. The van der Waals surface area contributed by atoms with Crippen molar-refractivity contribution in [2.45, 2.75) is 11.5 Å². The number of hydrogen-bond acceptors (Lipinski definition) is 5. The lowest BCUT2D eigenvalue weighted by molar-refractivity contribution is 0.0134. The van der Waals surface area contributed by atoms with Gasteiger partial charge in [-0.3, -0.25) is 19.3 Å². The van der Waals surface area contributed by atoms with Crippen LogP contribution in [0.25, 0.3) is 0 Å². The molecule has 2 heterocycles. The molecule has 2 spiro atoms. The summed E-state index contributed by atoms with van der Waals surface area (Å²) < 4.78 is 6.16. The number of ketones is 3. The zero-order valence-corrected chi connectivity index (χ0v) is 17.6. The molecule has 0 bridgehead atoms. The van der Waals surface area contributed by atoms with Gasteiger partial charge in [0.2, 0.25) is 0 Å². The standard InChI is InChI=1S/C27H21NO4/c1-28-15-21(17-9-3-2-4-10-17)26(16-32-22-14-8-7-13-20(22)23(26)29)27(28)24(30)18-11-5-6-12-19(18)25(27)31/h2-14,21H,15-16H2,1H3/t21-,26+/m0/s1. The third kappa shape index (κ3) is 2.04. The number of rotatable bonds is 1. The van der Waals surface area contributed by atoms with Gasteiger partial charge in [0.1, 0.15) is 17.8 Å². The molecular formula is C27H21NO4. The van der Waals surface area contributed by atoms with Crippen molar-refractivity contribution < 1.29 is 19.1 Å². The van der Waals surface area contributed by atoms with E-state index in [0.29, 0.717) is 29.0 Å². The number of Topliss-reactive ketones (excluding diaryl/α,β-unsaturated/α-hetero) is 3. The lowest BCUT2D eigenvalue weighted by atomic mass is 9.57. The van der Waals surface area contributed by atoms with Crippen LogP contribution in [0.1, 0.15) is 42.6 Å². The Kier molecular flexibility index (Phi) is 3.87. The fourth-order valence-corrected chi connectivity index (χ4v) is 6.16. The van der Waals surface area contributed by atoms with Crippen molar-refractivity contribution in [1.29, 1.82) is 0 Å². The average molecular weight is 423 g/mol. The third-order valence-corrected chi connectivity index (χ3v) is 7.54. The maximum absolute atomic E-state index is 14.4. The number of ether oxygens (including phenoxy) is 1. The highest BCUT2D eigenvalue weighted by Gasteiger charge is 2.77. The van der Waals surface area contributed by atoms with Gasteiger partial charge < -0.3 is 4.74 Å². The highest BCUT2D eigenvalue weighted by molar-refractivity contribution is 6.36. The van der Waals surface area contributed by atoms with E-state index in [1.807, 2.05) is 36.4 Å². The van der Waals surface area contributed by atoms with E-state index in [1.165, 1.54) is 0 Å². The van der Waals surface area contributed by atoms with E-state index in [2.05, 4.69) is 0 Å². The Hall–Kier alpha value is -3.57. The van der Waals surface area contributed by atoms with E-state index in [1.54, 1.807) is 54.4 Å². The van der Waals surface area contributed by atoms with Crippen molar-refractivity contribution in [3.05, 3.63) is 101 Å². The molecule has 1 saturated heterocycles. The summed E-state index contributed by atoms with van der Waals surface area (Å²) in [6, 6.07) is 23.7. The second-order valence-corrected chi connectivity index (χ2v) is 8.84. The number of benzene rings is 3. The van der Waals surface area contributed by atoms with Crippen LogP contribution in [0.2, 0.25) is 0 Å². The molecule has 1 fully saturated rings. The minimum Gasteiger partial charge on any atom is -0.492 e. The summed E-state index contributed by atoms with van der Waals surface area (Å²) in [5, 5.41) is 0. The van der Waals surface area contributed by atoms with Gasteiger partial charge in [0, 0.05) is 23.6 Å². The predicted molar refractivity (Wildman–Crippen MR) is 118 cm³/mol. The molecule has 0 amide bonds. The Labute approximate surface area is 185 Å². The predicted octanol–water partition coefficient (Wildman–Crippen LogP) is 3.80. The summed E-state index contributed by atoms with van der Waals surface area (Å²) in [7, 11) is 1.78. The first-order chi connectivity index (χ1) is 15.5. The van der Waals surface area contributed by atoms with Gasteiger partial charge in [-0.2, -0.15) is 0 Å². The summed E-state index contributed by atoms with van der Waals surface area (Å²) in [5.41, 5.74) is -0.907. The first-order valence-electron chi connectivity index (χ1n) is 10.7. The Morgan fingerprint density at radius 1 is 0.750 bits per heavy atom. The zero-order chi connectivity index (χ0) is 22.1. The van der Waals surface area contributed by atoms with Crippen LogP contribution < -0.4 is 4.74 Å². The highest BCUT2D eigenvalue weighted by atomic mass is 16.5. The van der Waals surface area contributed by atoms with Gasteiger partial charge in [-0.25, -0.2) is 0 Å². The summed E-state index contributed by atoms with van der Waals surface area (Å²) in [6.45, 7) is 0.366. The van der Waals surface area contributed by atoms with Crippen LogP contribution in [-0.4, -0.2) is 48.0 Å². The van der Waals surface area contributed by atoms with E-state index >= 15 is 0 Å². The molecule has 0 unspecified atom stereocenters. The zero-order valence-electron chi connectivity index (χ0n) is 17.6. The number of likely N-dealkylation sites (N-methyl/N-ethyl adjacent to an activating group) is 1. The van der Waals surface area contributed by atoms with Crippen molar-refractivity contribution in [3.63, 3.8) is 0 Å². The molecule has 32 heavy (non-hydrogen) atoms. The van der Waals surface area contributed by atoms with Crippen LogP contribution in [0.5, 0.6) is 5.75 Å². The van der Waals surface area contributed by atoms with Crippen LogP contribution in [0.3, 0.4) is 0 Å².